The number of nitrogens with one attached hydrogen (secondary N) is 1. The maximum Gasteiger partial charge on any atom is 0.260 e. The Morgan fingerprint density at radius 2 is 2.53 bits per heavy atom. The van der Waals surface area contributed by atoms with Gasteiger partial charge in [-0.25, -0.2) is 0 Å². The number of hydrogen-bond donors (Lipinski definition) is 2. The summed E-state index contributed by atoms with van der Waals surface area (Å²) >= 11 is 4.66. The van der Waals surface area contributed by atoms with E-state index in [1.807, 2.05) is 23.2 Å². The summed E-state index contributed by atoms with van der Waals surface area (Å²) in [5.41, 5.74) is 6.04. The van der Waals surface area contributed by atoms with E-state index in [0.717, 1.165) is 9.47 Å². The average Bonchev–Trinajstić information content (AvgIpc) is 2.69. The Morgan fingerprint density at radius 1 is 1.71 bits per heavy atom. The van der Waals surface area contributed by atoms with Crippen molar-refractivity contribution in [2.75, 3.05) is 18.7 Å². The van der Waals surface area contributed by atoms with Crippen LogP contribution in [0, 0.1) is 0 Å². The van der Waals surface area contributed by atoms with E-state index in [4.69, 9.17) is 5.73 Å². The number of halogens is 1. The number of thiophene rings is 1. The molecule has 1 aromatic heterocycles. The standard InChI is InChI=1S/C10H11BrN4OS/c11-8-4-7(9(17-8)10(12)16)14-6-15-3-1-2-13-5-15/h1-4,14H,5-6H2,(H2,12,16). The molecule has 1 aliphatic rings. The maximum atomic E-state index is 11.2. The molecule has 1 aromatic rings. The Hall–Kier alpha value is -1.34. The molecule has 0 atom stereocenters. The van der Waals surface area contributed by atoms with Crippen molar-refractivity contribution < 1.29 is 4.79 Å². The molecule has 90 valence electrons. The number of nitrogens with two attached hydrogens (primary N) is 1. The molecule has 0 aromatic carbocycles. The van der Waals surface area contributed by atoms with Crippen molar-refractivity contribution in [3.8, 4) is 0 Å². The fourth-order valence-corrected chi connectivity index (χ4v) is 2.81. The summed E-state index contributed by atoms with van der Waals surface area (Å²) in [6.07, 6.45) is 5.56. The van der Waals surface area contributed by atoms with Gasteiger partial charge in [-0.2, -0.15) is 0 Å². The normalized spacial score (nSPS) is 14.1. The molecule has 1 aliphatic heterocycles. The molecular formula is C10H11BrN4OS. The fourth-order valence-electron chi connectivity index (χ4n) is 1.38. The lowest BCUT2D eigenvalue weighted by atomic mass is 10.4. The molecule has 2 rings (SSSR count). The van der Waals surface area contributed by atoms with Crippen LogP contribution in [0.3, 0.4) is 0 Å². The molecule has 2 heterocycles. The summed E-state index contributed by atoms with van der Waals surface area (Å²) in [6, 6.07) is 1.85. The Morgan fingerprint density at radius 3 is 3.18 bits per heavy atom. The van der Waals surface area contributed by atoms with Gasteiger partial charge in [0, 0.05) is 12.4 Å². The lowest BCUT2D eigenvalue weighted by Gasteiger charge is -2.20. The minimum atomic E-state index is -0.421. The predicted molar refractivity (Wildman–Crippen MR) is 73.4 cm³/mol. The number of carbonyl (C=O) groups excluding carboxylic acids is 1. The van der Waals surface area contributed by atoms with Crippen molar-refractivity contribution in [2.24, 2.45) is 10.7 Å². The van der Waals surface area contributed by atoms with E-state index in [0.29, 0.717) is 18.2 Å². The molecule has 0 unspecified atom stereocenters. The maximum absolute atomic E-state index is 11.2. The molecule has 1 amide bonds. The van der Waals surface area contributed by atoms with Gasteiger partial charge >= 0.3 is 0 Å². The molecule has 5 nitrogen and oxygen atoms in total. The van der Waals surface area contributed by atoms with Crippen LogP contribution in [0.4, 0.5) is 5.69 Å². The Kier molecular flexibility index (Phi) is 3.80. The summed E-state index contributed by atoms with van der Waals surface area (Å²) in [5, 5.41) is 3.17. The van der Waals surface area contributed by atoms with E-state index in [1.54, 1.807) is 6.21 Å². The highest BCUT2D eigenvalue weighted by atomic mass is 79.9. The highest BCUT2D eigenvalue weighted by molar-refractivity contribution is 9.11. The van der Waals surface area contributed by atoms with Gasteiger partial charge in [0.05, 0.1) is 16.1 Å². The minimum Gasteiger partial charge on any atom is -0.366 e. The number of anilines is 1. The highest BCUT2D eigenvalue weighted by Crippen LogP contribution is 2.30. The highest BCUT2D eigenvalue weighted by Gasteiger charge is 2.13. The van der Waals surface area contributed by atoms with Crippen molar-refractivity contribution >= 4 is 45.1 Å². The van der Waals surface area contributed by atoms with Crippen LogP contribution < -0.4 is 11.1 Å². The third-order valence-corrected chi connectivity index (χ3v) is 3.80. The molecular weight excluding hydrogens is 304 g/mol. The molecule has 0 fully saturated rings. The summed E-state index contributed by atoms with van der Waals surface area (Å²) in [7, 11) is 0. The summed E-state index contributed by atoms with van der Waals surface area (Å²) in [6.45, 7) is 1.19. The first-order valence-electron chi connectivity index (χ1n) is 4.90. The van der Waals surface area contributed by atoms with E-state index < -0.39 is 5.91 Å². The molecule has 0 saturated carbocycles. The molecule has 0 radical (unpaired) electrons. The summed E-state index contributed by atoms with van der Waals surface area (Å²) < 4.78 is 0.876. The predicted octanol–water partition coefficient (Wildman–Crippen LogP) is 1.84. The van der Waals surface area contributed by atoms with E-state index in [9.17, 15) is 4.79 Å². The van der Waals surface area contributed by atoms with Crippen molar-refractivity contribution in [3.05, 3.63) is 27.0 Å². The number of carbonyl (C=O) groups is 1. The molecule has 0 saturated heterocycles. The van der Waals surface area contributed by atoms with Gasteiger partial charge in [-0.1, -0.05) is 0 Å². The first-order chi connectivity index (χ1) is 8.16. The van der Waals surface area contributed by atoms with Gasteiger partial charge in [-0.05, 0) is 28.1 Å². The number of amides is 1. The zero-order valence-electron chi connectivity index (χ0n) is 8.89. The van der Waals surface area contributed by atoms with Gasteiger partial charge in [0.2, 0.25) is 0 Å². The lowest BCUT2D eigenvalue weighted by molar-refractivity contribution is 0.100. The summed E-state index contributed by atoms with van der Waals surface area (Å²) in [4.78, 5) is 17.8. The van der Waals surface area contributed by atoms with Crippen molar-refractivity contribution in [3.63, 3.8) is 0 Å². The largest absolute Gasteiger partial charge is 0.366 e. The van der Waals surface area contributed by atoms with Gasteiger partial charge in [-0.3, -0.25) is 9.79 Å². The molecule has 0 aliphatic carbocycles. The van der Waals surface area contributed by atoms with Crippen LogP contribution in [0.2, 0.25) is 0 Å². The van der Waals surface area contributed by atoms with Crippen molar-refractivity contribution in [1.29, 1.82) is 0 Å². The van der Waals surface area contributed by atoms with E-state index in [1.165, 1.54) is 11.3 Å². The van der Waals surface area contributed by atoms with Gasteiger partial charge in [0.25, 0.3) is 5.91 Å². The zero-order chi connectivity index (χ0) is 12.3. The number of nitrogens with zero attached hydrogens (tertiary/aromatic N) is 2. The smallest absolute Gasteiger partial charge is 0.260 e. The van der Waals surface area contributed by atoms with Gasteiger partial charge in [0.15, 0.2) is 0 Å². The van der Waals surface area contributed by atoms with Gasteiger partial charge in [0.1, 0.15) is 11.5 Å². The van der Waals surface area contributed by atoms with Crippen LogP contribution in [0.1, 0.15) is 9.67 Å². The van der Waals surface area contributed by atoms with E-state index in [-0.39, 0.29) is 0 Å². The summed E-state index contributed by atoms with van der Waals surface area (Å²) in [5.74, 6) is -0.421. The van der Waals surface area contributed by atoms with Crippen LogP contribution in [0.5, 0.6) is 0 Å². The third kappa shape index (κ3) is 3.07. The monoisotopic (exact) mass is 314 g/mol. The lowest BCUT2D eigenvalue weighted by Crippen LogP contribution is -2.26. The van der Waals surface area contributed by atoms with E-state index >= 15 is 0 Å². The molecule has 3 N–H and O–H groups in total. The minimum absolute atomic E-state index is 0.421. The van der Waals surface area contributed by atoms with Gasteiger partial charge < -0.3 is 16.0 Å². The Labute approximate surface area is 111 Å². The number of hydrogen-bond acceptors (Lipinski definition) is 5. The third-order valence-electron chi connectivity index (χ3n) is 2.15. The Bertz CT molecular complexity index is 483. The average molecular weight is 315 g/mol. The second-order valence-corrected chi connectivity index (χ2v) is 5.83. The van der Waals surface area contributed by atoms with E-state index in [2.05, 4.69) is 26.2 Å². The fraction of sp³-hybridized carbons (Fsp3) is 0.200. The topological polar surface area (TPSA) is 70.7 Å². The Balaban J connectivity index is 2.01. The SMILES string of the molecule is NC(=O)c1sc(Br)cc1NCN1C=CC=NC1. The van der Waals surface area contributed by atoms with Crippen molar-refractivity contribution in [2.45, 2.75) is 0 Å². The molecule has 0 spiro atoms. The zero-order valence-corrected chi connectivity index (χ0v) is 11.3. The van der Waals surface area contributed by atoms with Crippen molar-refractivity contribution in [1.82, 2.24) is 4.90 Å². The first-order valence-corrected chi connectivity index (χ1v) is 6.51. The first kappa shape index (κ1) is 12.1. The van der Waals surface area contributed by atoms with Crippen LogP contribution in [-0.4, -0.2) is 30.4 Å². The van der Waals surface area contributed by atoms with Gasteiger partial charge in [-0.15, -0.1) is 11.3 Å². The number of allylic oxidation sites excluding steroid dienone is 1. The number of aliphatic imine (C=N–C) groups is 1. The van der Waals surface area contributed by atoms with Crippen LogP contribution in [-0.2, 0) is 0 Å². The quantitative estimate of drug-likeness (QED) is 0.890. The number of rotatable bonds is 4. The molecule has 7 heteroatoms. The second kappa shape index (κ2) is 5.33. The molecule has 0 bridgehead atoms. The number of primary amides is 1. The van der Waals surface area contributed by atoms with Crippen LogP contribution in [0.25, 0.3) is 0 Å². The van der Waals surface area contributed by atoms with Crippen LogP contribution in [0.15, 0.2) is 27.1 Å². The van der Waals surface area contributed by atoms with Crippen LogP contribution >= 0.6 is 27.3 Å². The second-order valence-electron chi connectivity index (χ2n) is 3.40. The molecule has 17 heavy (non-hydrogen) atoms.